The molecule has 2 aromatic rings. The molecule has 0 atom stereocenters. The molecule has 0 radical (unpaired) electrons. The number of anilines is 1. The van der Waals surface area contributed by atoms with Crippen molar-refractivity contribution in [2.75, 3.05) is 11.9 Å². The number of thiophene rings is 1. The number of benzene rings is 1. The Kier molecular flexibility index (Phi) is 6.52. The van der Waals surface area contributed by atoms with Crippen LogP contribution < -0.4 is 10.6 Å². The van der Waals surface area contributed by atoms with Gasteiger partial charge in [0.15, 0.2) is 5.78 Å². The summed E-state index contributed by atoms with van der Waals surface area (Å²) in [6, 6.07) is 9.98. The lowest BCUT2D eigenvalue weighted by molar-refractivity contribution is -0.116. The van der Waals surface area contributed by atoms with Crippen molar-refractivity contribution < 1.29 is 14.4 Å². The Bertz CT molecular complexity index is 758. The molecule has 2 rings (SSSR count). The molecule has 0 spiro atoms. The number of rotatable bonds is 7. The number of ketones is 1. The zero-order valence-electron chi connectivity index (χ0n) is 13.1. The van der Waals surface area contributed by atoms with Crippen molar-refractivity contribution >= 4 is 46.2 Å². The highest BCUT2D eigenvalue weighted by atomic mass is 35.5. The first kappa shape index (κ1) is 18.2. The fourth-order valence-electron chi connectivity index (χ4n) is 2.04. The van der Waals surface area contributed by atoms with Crippen molar-refractivity contribution in [1.82, 2.24) is 5.32 Å². The van der Waals surface area contributed by atoms with Crippen LogP contribution in [-0.4, -0.2) is 24.1 Å². The van der Waals surface area contributed by atoms with E-state index < -0.39 is 0 Å². The SMILES string of the molecule is CCNC(=O)c1cccc(NC(=O)CCC(=O)c2ccc(Cl)s2)c1. The first-order valence-electron chi connectivity index (χ1n) is 7.46. The molecular weight excluding hydrogens is 348 g/mol. The maximum Gasteiger partial charge on any atom is 0.251 e. The topological polar surface area (TPSA) is 75.3 Å². The van der Waals surface area contributed by atoms with Crippen LogP contribution in [0, 0.1) is 0 Å². The van der Waals surface area contributed by atoms with E-state index in [2.05, 4.69) is 10.6 Å². The average Bonchev–Trinajstić information content (AvgIpc) is 3.00. The van der Waals surface area contributed by atoms with E-state index in [-0.39, 0.29) is 30.4 Å². The van der Waals surface area contributed by atoms with Gasteiger partial charge in [-0.3, -0.25) is 14.4 Å². The minimum atomic E-state index is -0.279. The van der Waals surface area contributed by atoms with Gasteiger partial charge in [-0.15, -0.1) is 11.3 Å². The lowest BCUT2D eigenvalue weighted by Gasteiger charge is -2.07. The largest absolute Gasteiger partial charge is 0.352 e. The number of hydrogen-bond acceptors (Lipinski definition) is 4. The lowest BCUT2D eigenvalue weighted by atomic mass is 10.1. The van der Waals surface area contributed by atoms with Crippen LogP contribution in [0.2, 0.25) is 4.34 Å². The molecule has 0 aliphatic heterocycles. The van der Waals surface area contributed by atoms with E-state index in [1.54, 1.807) is 36.4 Å². The summed E-state index contributed by atoms with van der Waals surface area (Å²) in [7, 11) is 0. The molecule has 7 heteroatoms. The van der Waals surface area contributed by atoms with Crippen LogP contribution in [0.4, 0.5) is 5.69 Å². The van der Waals surface area contributed by atoms with Crippen LogP contribution in [0.1, 0.15) is 39.8 Å². The van der Waals surface area contributed by atoms with Gasteiger partial charge in [-0.1, -0.05) is 17.7 Å². The van der Waals surface area contributed by atoms with E-state index in [1.165, 1.54) is 11.3 Å². The van der Waals surface area contributed by atoms with Crippen molar-refractivity contribution in [3.63, 3.8) is 0 Å². The number of Topliss-reactive ketones (excluding diaryl/α,β-unsaturated/α-hetero) is 1. The van der Waals surface area contributed by atoms with Crippen molar-refractivity contribution in [2.24, 2.45) is 0 Å². The predicted molar refractivity (Wildman–Crippen MR) is 96.0 cm³/mol. The van der Waals surface area contributed by atoms with E-state index in [0.29, 0.717) is 27.0 Å². The van der Waals surface area contributed by atoms with Crippen LogP contribution in [-0.2, 0) is 4.79 Å². The Morgan fingerprint density at radius 1 is 1.12 bits per heavy atom. The molecule has 0 aliphatic carbocycles. The molecule has 0 aliphatic rings. The van der Waals surface area contributed by atoms with E-state index >= 15 is 0 Å². The Morgan fingerprint density at radius 3 is 2.58 bits per heavy atom. The number of hydrogen-bond donors (Lipinski definition) is 2. The lowest BCUT2D eigenvalue weighted by Crippen LogP contribution is -2.22. The van der Waals surface area contributed by atoms with Crippen LogP contribution >= 0.6 is 22.9 Å². The fraction of sp³-hybridized carbons (Fsp3) is 0.235. The fourth-order valence-corrected chi connectivity index (χ4v) is 3.05. The molecule has 1 heterocycles. The van der Waals surface area contributed by atoms with Gasteiger partial charge in [0.05, 0.1) is 9.21 Å². The van der Waals surface area contributed by atoms with Crippen LogP contribution in [0.5, 0.6) is 0 Å². The third kappa shape index (κ3) is 5.18. The number of amides is 2. The minimum Gasteiger partial charge on any atom is -0.352 e. The van der Waals surface area contributed by atoms with Crippen molar-refractivity contribution in [1.29, 1.82) is 0 Å². The van der Waals surface area contributed by atoms with Crippen LogP contribution in [0.25, 0.3) is 0 Å². The number of halogens is 1. The standard InChI is InChI=1S/C17H17ClN2O3S/c1-2-19-17(23)11-4-3-5-12(10-11)20-16(22)9-6-13(21)14-7-8-15(18)24-14/h3-5,7-8,10H,2,6,9H2,1H3,(H,19,23)(H,20,22). The molecule has 1 aromatic carbocycles. The third-order valence-electron chi connectivity index (χ3n) is 3.17. The molecule has 5 nitrogen and oxygen atoms in total. The van der Waals surface area contributed by atoms with Gasteiger partial charge in [0, 0.05) is 30.6 Å². The Morgan fingerprint density at radius 2 is 1.92 bits per heavy atom. The van der Waals surface area contributed by atoms with Crippen molar-refractivity contribution in [3.05, 3.63) is 51.2 Å². The van der Waals surface area contributed by atoms with Gasteiger partial charge >= 0.3 is 0 Å². The van der Waals surface area contributed by atoms with Gasteiger partial charge < -0.3 is 10.6 Å². The number of nitrogens with one attached hydrogen (secondary N) is 2. The highest BCUT2D eigenvalue weighted by Crippen LogP contribution is 2.23. The molecule has 0 saturated carbocycles. The van der Waals surface area contributed by atoms with Crippen molar-refractivity contribution in [2.45, 2.75) is 19.8 Å². The Hall–Kier alpha value is -2.18. The average molecular weight is 365 g/mol. The van der Waals surface area contributed by atoms with Gasteiger partial charge in [-0.2, -0.15) is 0 Å². The van der Waals surface area contributed by atoms with E-state index in [0.717, 1.165) is 0 Å². The van der Waals surface area contributed by atoms with E-state index in [9.17, 15) is 14.4 Å². The molecule has 1 aromatic heterocycles. The zero-order valence-corrected chi connectivity index (χ0v) is 14.7. The number of carbonyl (C=O) groups excluding carboxylic acids is 3. The third-order valence-corrected chi connectivity index (χ3v) is 4.45. The molecule has 126 valence electrons. The summed E-state index contributed by atoms with van der Waals surface area (Å²) in [5.41, 5.74) is 0.995. The van der Waals surface area contributed by atoms with Gasteiger partial charge in [-0.05, 0) is 37.3 Å². The molecule has 0 saturated heterocycles. The van der Waals surface area contributed by atoms with Gasteiger partial charge in [0.1, 0.15) is 0 Å². The second kappa shape index (κ2) is 8.61. The molecule has 0 bridgehead atoms. The summed E-state index contributed by atoms with van der Waals surface area (Å²) >= 11 is 6.99. The van der Waals surface area contributed by atoms with Crippen LogP contribution in [0.15, 0.2) is 36.4 Å². The molecular formula is C17H17ClN2O3S. The summed E-state index contributed by atoms with van der Waals surface area (Å²) in [6.07, 6.45) is 0.179. The minimum absolute atomic E-state index is 0.0692. The van der Waals surface area contributed by atoms with E-state index in [4.69, 9.17) is 11.6 Å². The second-order valence-corrected chi connectivity index (χ2v) is 6.73. The van der Waals surface area contributed by atoms with Crippen molar-refractivity contribution in [3.8, 4) is 0 Å². The van der Waals surface area contributed by atoms with Crippen LogP contribution in [0.3, 0.4) is 0 Å². The molecule has 0 fully saturated rings. The Labute approximate surface area is 149 Å². The molecule has 2 amide bonds. The highest BCUT2D eigenvalue weighted by molar-refractivity contribution is 7.18. The molecule has 0 unspecified atom stereocenters. The summed E-state index contributed by atoms with van der Waals surface area (Å²) in [5.74, 6) is -0.587. The zero-order chi connectivity index (χ0) is 17.5. The van der Waals surface area contributed by atoms with E-state index in [1.807, 2.05) is 6.92 Å². The van der Waals surface area contributed by atoms with Gasteiger partial charge in [0.2, 0.25) is 5.91 Å². The maximum atomic E-state index is 12.0. The quantitative estimate of drug-likeness (QED) is 0.734. The van der Waals surface area contributed by atoms with Gasteiger partial charge in [-0.25, -0.2) is 0 Å². The normalized spacial score (nSPS) is 10.2. The second-order valence-electron chi connectivity index (χ2n) is 5.02. The predicted octanol–water partition coefficient (Wildman–Crippen LogP) is 3.75. The first-order valence-corrected chi connectivity index (χ1v) is 8.65. The summed E-state index contributed by atoms with van der Waals surface area (Å²) < 4.78 is 0.546. The summed E-state index contributed by atoms with van der Waals surface area (Å²) in [5, 5.41) is 5.39. The number of carbonyl (C=O) groups is 3. The highest BCUT2D eigenvalue weighted by Gasteiger charge is 2.12. The first-order chi connectivity index (χ1) is 11.5. The molecule has 2 N–H and O–H groups in total. The smallest absolute Gasteiger partial charge is 0.251 e. The molecule has 24 heavy (non-hydrogen) atoms. The Balaban J connectivity index is 1.89. The summed E-state index contributed by atoms with van der Waals surface area (Å²) in [4.78, 5) is 36.2. The summed E-state index contributed by atoms with van der Waals surface area (Å²) in [6.45, 7) is 2.37. The van der Waals surface area contributed by atoms with Gasteiger partial charge in [0.25, 0.3) is 5.91 Å². The maximum absolute atomic E-state index is 12.0. The monoisotopic (exact) mass is 364 g/mol.